The van der Waals surface area contributed by atoms with Crippen molar-refractivity contribution in [2.45, 2.75) is 37.8 Å². The molecule has 0 radical (unpaired) electrons. The summed E-state index contributed by atoms with van der Waals surface area (Å²) in [7, 11) is -0.0972. The van der Waals surface area contributed by atoms with E-state index in [1.807, 2.05) is 25.1 Å². The van der Waals surface area contributed by atoms with Gasteiger partial charge in [-0.15, -0.1) is 0 Å². The van der Waals surface area contributed by atoms with Gasteiger partial charge in [-0.2, -0.15) is 12.7 Å². The van der Waals surface area contributed by atoms with Crippen molar-refractivity contribution in [2.24, 2.45) is 0 Å². The normalized spacial score (nSPS) is 18.7. The second kappa shape index (κ2) is 11.6. The second-order valence-corrected chi connectivity index (χ2v) is 11.9. The lowest BCUT2D eigenvalue weighted by Gasteiger charge is -2.41. The van der Waals surface area contributed by atoms with Crippen LogP contribution in [0.25, 0.3) is 0 Å². The highest BCUT2D eigenvalue weighted by molar-refractivity contribution is 7.87. The van der Waals surface area contributed by atoms with Crippen molar-refractivity contribution in [1.82, 2.24) is 13.9 Å². The number of hydrogen-bond acceptors (Lipinski definition) is 6. The number of likely N-dealkylation sites (tertiary alicyclic amines) is 1. The highest BCUT2D eigenvalue weighted by atomic mass is 35.5. The maximum atomic E-state index is 12.8. The lowest BCUT2D eigenvalue weighted by Crippen LogP contribution is -2.52. The maximum absolute atomic E-state index is 12.8. The van der Waals surface area contributed by atoms with Gasteiger partial charge in [0.25, 0.3) is 5.91 Å². The van der Waals surface area contributed by atoms with Gasteiger partial charge < -0.3 is 14.5 Å². The molecule has 0 saturated carbocycles. The minimum atomic E-state index is -3.90. The number of carbonyl (C=O) groups excluding carboxylic acids is 1. The minimum Gasteiger partial charge on any atom is -0.490 e. The van der Waals surface area contributed by atoms with Gasteiger partial charge in [0.15, 0.2) is 0 Å². The van der Waals surface area contributed by atoms with Crippen molar-refractivity contribution in [2.75, 3.05) is 45.2 Å². The van der Waals surface area contributed by atoms with E-state index in [1.165, 1.54) is 4.31 Å². The Morgan fingerprint density at radius 2 is 1.58 bits per heavy atom. The summed E-state index contributed by atoms with van der Waals surface area (Å²) >= 11 is 12.1. The molecule has 2 fully saturated rings. The number of amides is 1. The van der Waals surface area contributed by atoms with Crippen LogP contribution in [0.1, 0.15) is 36.0 Å². The van der Waals surface area contributed by atoms with Crippen LogP contribution in [0.5, 0.6) is 5.75 Å². The Morgan fingerprint density at radius 3 is 2.17 bits per heavy atom. The van der Waals surface area contributed by atoms with Gasteiger partial charge in [-0.05, 0) is 62.1 Å². The van der Waals surface area contributed by atoms with E-state index in [0.29, 0.717) is 34.7 Å². The van der Waals surface area contributed by atoms with Crippen LogP contribution in [0.3, 0.4) is 0 Å². The monoisotopic (exact) mass is 554 g/mol. The minimum absolute atomic E-state index is 0.112. The SMILES string of the molecule is CN(C)c1ccc(C(=O)NS(=O)(=O)N2CCC(N3CCC(Oc4ccc(Cl)c(Cl)c4)CC3)CC2)cc1. The molecule has 0 bridgehead atoms. The number of halogens is 2. The molecule has 0 spiro atoms. The van der Waals surface area contributed by atoms with Crippen LogP contribution in [-0.4, -0.2) is 76.0 Å². The van der Waals surface area contributed by atoms with Gasteiger partial charge in [-0.1, -0.05) is 23.2 Å². The molecule has 4 rings (SSSR count). The van der Waals surface area contributed by atoms with E-state index in [0.717, 1.165) is 50.2 Å². The number of hydrogen-bond donors (Lipinski definition) is 1. The first-order valence-electron chi connectivity index (χ1n) is 12.1. The van der Waals surface area contributed by atoms with E-state index < -0.39 is 16.1 Å². The average Bonchev–Trinajstić information content (AvgIpc) is 2.86. The summed E-state index contributed by atoms with van der Waals surface area (Å²) in [4.78, 5) is 16.9. The molecule has 2 aliphatic rings. The lowest BCUT2D eigenvalue weighted by atomic mass is 10.00. The summed E-state index contributed by atoms with van der Waals surface area (Å²) in [5.74, 6) is 0.100. The third-order valence-electron chi connectivity index (χ3n) is 6.82. The lowest BCUT2D eigenvalue weighted by molar-refractivity contribution is 0.0584. The molecule has 1 amide bonds. The Bertz CT molecular complexity index is 1160. The first kappa shape index (κ1) is 27.0. The van der Waals surface area contributed by atoms with Gasteiger partial charge >= 0.3 is 10.2 Å². The van der Waals surface area contributed by atoms with Gasteiger partial charge in [0.1, 0.15) is 11.9 Å². The van der Waals surface area contributed by atoms with Crippen LogP contribution in [-0.2, 0) is 10.2 Å². The van der Waals surface area contributed by atoms with E-state index in [4.69, 9.17) is 27.9 Å². The summed E-state index contributed by atoms with van der Waals surface area (Å²) in [6.45, 7) is 2.55. The molecule has 8 nitrogen and oxygen atoms in total. The quantitative estimate of drug-likeness (QED) is 0.556. The highest BCUT2D eigenvalue weighted by Crippen LogP contribution is 2.29. The van der Waals surface area contributed by atoms with Crippen LogP contribution >= 0.6 is 23.2 Å². The van der Waals surface area contributed by atoms with Crippen molar-refractivity contribution in [1.29, 1.82) is 0 Å². The fourth-order valence-electron chi connectivity index (χ4n) is 4.70. The predicted octanol–water partition coefficient (Wildman–Crippen LogP) is 4.04. The van der Waals surface area contributed by atoms with Crippen LogP contribution < -0.4 is 14.4 Å². The summed E-state index contributed by atoms with van der Waals surface area (Å²) in [6.07, 6.45) is 3.35. The van der Waals surface area contributed by atoms with Crippen molar-refractivity contribution in [3.8, 4) is 5.75 Å². The van der Waals surface area contributed by atoms with Gasteiger partial charge in [0, 0.05) is 63.6 Å². The van der Waals surface area contributed by atoms with Crippen LogP contribution in [0.15, 0.2) is 42.5 Å². The number of piperidine rings is 2. The van der Waals surface area contributed by atoms with Gasteiger partial charge in [-0.25, -0.2) is 4.72 Å². The average molecular weight is 556 g/mol. The standard InChI is InChI=1S/C25H32Cl2N4O4S/c1-29(2)19-5-3-18(4-6-19)25(32)28-36(33,34)31-15-9-20(10-16-31)30-13-11-21(12-14-30)35-22-7-8-23(26)24(27)17-22/h3-8,17,20-21H,9-16H2,1-2H3,(H,28,32). The fraction of sp³-hybridized carbons (Fsp3) is 0.480. The van der Waals surface area contributed by atoms with E-state index in [1.54, 1.807) is 36.4 Å². The molecular weight excluding hydrogens is 523 g/mol. The molecule has 11 heteroatoms. The van der Waals surface area contributed by atoms with E-state index in [9.17, 15) is 13.2 Å². The van der Waals surface area contributed by atoms with Gasteiger partial charge in [-0.3, -0.25) is 4.79 Å². The summed E-state index contributed by atoms with van der Waals surface area (Å²) < 4.78 is 35.3. The molecule has 2 heterocycles. The van der Waals surface area contributed by atoms with Crippen LogP contribution in [0, 0.1) is 0 Å². The third-order valence-corrected chi connectivity index (χ3v) is 9.05. The molecule has 0 atom stereocenters. The van der Waals surface area contributed by atoms with Crippen molar-refractivity contribution >= 4 is 45.0 Å². The molecule has 196 valence electrons. The Labute approximate surface area is 223 Å². The predicted molar refractivity (Wildman–Crippen MR) is 143 cm³/mol. The maximum Gasteiger partial charge on any atom is 0.304 e. The number of anilines is 1. The number of rotatable bonds is 7. The zero-order valence-electron chi connectivity index (χ0n) is 20.5. The number of benzene rings is 2. The van der Waals surface area contributed by atoms with E-state index in [-0.39, 0.29) is 6.10 Å². The summed E-state index contributed by atoms with van der Waals surface area (Å²) in [5.41, 5.74) is 1.24. The topological polar surface area (TPSA) is 82.2 Å². The van der Waals surface area contributed by atoms with Crippen molar-refractivity contribution in [3.63, 3.8) is 0 Å². The molecular formula is C25H32Cl2N4O4S. The Kier molecular flexibility index (Phi) is 8.67. The highest BCUT2D eigenvalue weighted by Gasteiger charge is 2.33. The molecule has 0 aromatic heterocycles. The number of carbonyl (C=O) groups is 1. The molecule has 2 aromatic carbocycles. The van der Waals surface area contributed by atoms with E-state index >= 15 is 0 Å². The van der Waals surface area contributed by atoms with Crippen LogP contribution in [0.2, 0.25) is 10.0 Å². The number of nitrogens with zero attached hydrogens (tertiary/aromatic N) is 3. The van der Waals surface area contributed by atoms with Gasteiger partial charge in [0.2, 0.25) is 0 Å². The first-order chi connectivity index (χ1) is 17.1. The zero-order valence-corrected chi connectivity index (χ0v) is 22.8. The largest absolute Gasteiger partial charge is 0.490 e. The molecule has 0 unspecified atom stereocenters. The summed E-state index contributed by atoms with van der Waals surface area (Å²) in [6, 6.07) is 12.4. The van der Waals surface area contributed by atoms with Gasteiger partial charge in [0.05, 0.1) is 10.0 Å². The molecule has 36 heavy (non-hydrogen) atoms. The summed E-state index contributed by atoms with van der Waals surface area (Å²) in [5, 5.41) is 0.983. The fourth-order valence-corrected chi connectivity index (χ4v) is 6.16. The second-order valence-electron chi connectivity index (χ2n) is 9.44. The smallest absolute Gasteiger partial charge is 0.304 e. The van der Waals surface area contributed by atoms with Crippen molar-refractivity contribution in [3.05, 3.63) is 58.1 Å². The van der Waals surface area contributed by atoms with Crippen molar-refractivity contribution < 1.29 is 17.9 Å². The molecule has 1 N–H and O–H groups in total. The number of ether oxygens (including phenoxy) is 1. The Balaban J connectivity index is 1.24. The third kappa shape index (κ3) is 6.63. The van der Waals surface area contributed by atoms with E-state index in [2.05, 4.69) is 9.62 Å². The van der Waals surface area contributed by atoms with Crippen LogP contribution in [0.4, 0.5) is 5.69 Å². The number of nitrogens with one attached hydrogen (secondary N) is 1. The first-order valence-corrected chi connectivity index (χ1v) is 14.3. The zero-order chi connectivity index (χ0) is 25.9. The Morgan fingerprint density at radius 1 is 0.944 bits per heavy atom. The molecule has 2 saturated heterocycles. The Hall–Kier alpha value is -2.04. The molecule has 2 aliphatic heterocycles. The molecule has 0 aliphatic carbocycles. The molecule has 2 aromatic rings.